The summed E-state index contributed by atoms with van der Waals surface area (Å²) >= 11 is 12.3. The summed E-state index contributed by atoms with van der Waals surface area (Å²) in [6.07, 6.45) is 1.59. The fourth-order valence-electron chi connectivity index (χ4n) is 4.02. The smallest absolute Gasteiger partial charge is 0.355 e. The van der Waals surface area contributed by atoms with Crippen molar-refractivity contribution >= 4 is 57.3 Å². The van der Waals surface area contributed by atoms with Gasteiger partial charge in [-0.15, -0.1) is 0 Å². The number of anilines is 1. The van der Waals surface area contributed by atoms with Crippen LogP contribution in [0.2, 0.25) is 10.0 Å². The molecule has 0 atom stereocenters. The molecule has 4 aromatic rings. The number of benzene rings is 2. The molecule has 0 radical (unpaired) electrons. The highest BCUT2D eigenvalue weighted by Crippen LogP contribution is 2.43. The zero-order valence-electron chi connectivity index (χ0n) is 20.9. The summed E-state index contributed by atoms with van der Waals surface area (Å²) in [6, 6.07) is 7.85. The van der Waals surface area contributed by atoms with Crippen LogP contribution in [0, 0.1) is 5.82 Å². The maximum atomic E-state index is 14.1. The maximum Gasteiger partial charge on any atom is 0.355 e. The van der Waals surface area contributed by atoms with Crippen molar-refractivity contribution in [3.05, 3.63) is 81.5 Å². The molecule has 2 heterocycles. The van der Waals surface area contributed by atoms with Crippen molar-refractivity contribution in [3.63, 3.8) is 0 Å². The van der Waals surface area contributed by atoms with Crippen molar-refractivity contribution in [2.24, 2.45) is 0 Å². The van der Waals surface area contributed by atoms with Crippen molar-refractivity contribution in [1.29, 1.82) is 0 Å². The summed E-state index contributed by atoms with van der Waals surface area (Å²) in [5.41, 5.74) is 3.12. The van der Waals surface area contributed by atoms with E-state index in [0.717, 1.165) is 0 Å². The van der Waals surface area contributed by atoms with Gasteiger partial charge in [0.15, 0.2) is 0 Å². The molecule has 0 aliphatic heterocycles. The van der Waals surface area contributed by atoms with Crippen LogP contribution in [0.3, 0.4) is 0 Å². The predicted octanol–water partition coefficient (Wildman–Crippen LogP) is 7.31. The van der Waals surface area contributed by atoms with Crippen molar-refractivity contribution in [2.45, 2.75) is 13.8 Å². The highest BCUT2D eigenvalue weighted by atomic mass is 35.5. The Balaban J connectivity index is 0.00000186. The van der Waals surface area contributed by atoms with Crippen molar-refractivity contribution in [3.8, 4) is 11.1 Å². The molecule has 3 N–H and O–H groups in total. The Morgan fingerprint density at radius 2 is 1.68 bits per heavy atom. The molecular weight excluding hydrogens is 520 g/mol. The number of H-pyrrole nitrogens is 2. The van der Waals surface area contributed by atoms with E-state index in [1.165, 1.54) is 26.4 Å². The number of halogens is 3. The van der Waals surface area contributed by atoms with Gasteiger partial charge in [-0.3, -0.25) is 0 Å². The molecule has 10 heteroatoms. The molecule has 2 aromatic carbocycles. The normalized spacial score (nSPS) is 10.5. The van der Waals surface area contributed by atoms with E-state index in [9.17, 15) is 14.0 Å². The van der Waals surface area contributed by atoms with Crippen LogP contribution < -0.4 is 5.32 Å². The molecule has 4 rings (SSSR count). The lowest BCUT2D eigenvalue weighted by Crippen LogP contribution is -2.07. The number of carbonyl (C=O) groups is 2. The quantitative estimate of drug-likeness (QED) is 0.221. The van der Waals surface area contributed by atoms with Crippen LogP contribution in [0.5, 0.6) is 0 Å². The molecule has 0 amide bonds. The molecule has 0 saturated carbocycles. The number of hydrogen-bond donors (Lipinski definition) is 3. The highest BCUT2D eigenvalue weighted by molar-refractivity contribution is 6.32. The van der Waals surface area contributed by atoms with Gasteiger partial charge in [0.05, 0.1) is 19.2 Å². The minimum Gasteiger partial charge on any atom is -0.464 e. The Bertz CT molecular complexity index is 1510. The van der Waals surface area contributed by atoms with Crippen LogP contribution in [0.1, 0.15) is 46.0 Å². The zero-order valence-corrected chi connectivity index (χ0v) is 22.4. The van der Waals surface area contributed by atoms with E-state index in [0.29, 0.717) is 43.9 Å². The third-order valence-corrected chi connectivity index (χ3v) is 6.17. The van der Waals surface area contributed by atoms with Crippen molar-refractivity contribution < 1.29 is 23.5 Å². The fourth-order valence-corrected chi connectivity index (χ4v) is 4.36. The predicted molar refractivity (Wildman–Crippen MR) is 146 cm³/mol. The molecule has 0 spiro atoms. The highest BCUT2D eigenvalue weighted by Gasteiger charge is 2.31. The molecule has 0 saturated heterocycles. The molecule has 194 valence electrons. The first-order valence-corrected chi connectivity index (χ1v) is 12.0. The lowest BCUT2D eigenvalue weighted by atomic mass is 9.90. The lowest BCUT2D eigenvalue weighted by Gasteiger charge is -2.15. The van der Waals surface area contributed by atoms with Gasteiger partial charge in [-0.1, -0.05) is 43.6 Å². The van der Waals surface area contributed by atoms with Gasteiger partial charge in [-0.25, -0.2) is 14.0 Å². The third-order valence-electron chi connectivity index (χ3n) is 5.65. The first-order valence-electron chi connectivity index (χ1n) is 11.3. The molecular formula is C27H26Cl2FN3O4. The Labute approximate surface area is 223 Å². The number of esters is 2. The van der Waals surface area contributed by atoms with E-state index in [-0.39, 0.29) is 22.0 Å². The maximum absolute atomic E-state index is 14.1. The summed E-state index contributed by atoms with van der Waals surface area (Å²) in [6.45, 7) is 8.23. The number of nitrogens with one attached hydrogen (secondary N) is 3. The largest absolute Gasteiger partial charge is 0.464 e. The summed E-state index contributed by atoms with van der Waals surface area (Å²) in [7, 11) is 4.17. The first kappa shape index (κ1) is 27.8. The van der Waals surface area contributed by atoms with Gasteiger partial charge < -0.3 is 24.8 Å². The molecule has 0 aliphatic carbocycles. The number of hydrogen-bond acceptors (Lipinski definition) is 5. The van der Waals surface area contributed by atoms with Crippen LogP contribution in [-0.4, -0.2) is 43.2 Å². The second-order valence-electron chi connectivity index (χ2n) is 7.54. The number of methoxy groups -OCH3 is 2. The van der Waals surface area contributed by atoms with Gasteiger partial charge >= 0.3 is 11.9 Å². The van der Waals surface area contributed by atoms with Crippen molar-refractivity contribution in [2.75, 3.05) is 26.6 Å². The molecule has 37 heavy (non-hydrogen) atoms. The first-order chi connectivity index (χ1) is 17.7. The average Bonchev–Trinajstić information content (AvgIpc) is 3.49. The van der Waals surface area contributed by atoms with Crippen LogP contribution in [-0.2, 0) is 9.47 Å². The number of aromatic nitrogens is 2. The molecule has 7 nitrogen and oxygen atoms in total. The standard InChI is InChI=1S/C25H20Cl2FN3O4.C2H6/c1-11(13-7-12(26)5-6-18(13)29-2)20-21(23(25(33)35-4)31-22(20)24(32)34-3)15-10-30-19-9-17(28)16(27)8-14(15)19;1-2/h5-10,29-31H,1H2,2-4H3;1-2H3. The Morgan fingerprint density at radius 3 is 2.30 bits per heavy atom. The minimum absolute atomic E-state index is 0.0153. The van der Waals surface area contributed by atoms with Gasteiger partial charge in [0.2, 0.25) is 0 Å². The van der Waals surface area contributed by atoms with Crippen LogP contribution in [0.25, 0.3) is 27.6 Å². The van der Waals surface area contributed by atoms with Crippen LogP contribution in [0.15, 0.2) is 43.1 Å². The average molecular weight is 546 g/mol. The number of ether oxygens (including phenoxy) is 2. The zero-order chi connectivity index (χ0) is 27.4. The third kappa shape index (κ3) is 5.08. The molecule has 0 bridgehead atoms. The molecule has 0 unspecified atom stereocenters. The summed E-state index contributed by atoms with van der Waals surface area (Å²) in [4.78, 5) is 31.5. The Morgan fingerprint density at radius 1 is 1.03 bits per heavy atom. The van der Waals surface area contributed by atoms with Gasteiger partial charge in [0, 0.05) is 57.1 Å². The topological polar surface area (TPSA) is 96.2 Å². The SMILES string of the molecule is C=C(c1cc(Cl)ccc1NC)c1c(C(=O)OC)[nH]c(C(=O)OC)c1-c1c[nH]c2cc(F)c(Cl)cc12.CC. The summed E-state index contributed by atoms with van der Waals surface area (Å²) in [5, 5.41) is 3.93. The van der Waals surface area contributed by atoms with E-state index in [1.54, 1.807) is 31.4 Å². The van der Waals surface area contributed by atoms with E-state index < -0.39 is 17.8 Å². The van der Waals surface area contributed by atoms with Crippen molar-refractivity contribution in [1.82, 2.24) is 9.97 Å². The Kier molecular flexibility index (Phi) is 8.68. The van der Waals surface area contributed by atoms with E-state index >= 15 is 0 Å². The van der Waals surface area contributed by atoms with E-state index in [2.05, 4.69) is 21.9 Å². The van der Waals surface area contributed by atoms with E-state index in [1.807, 2.05) is 13.8 Å². The number of fused-ring (bicyclic) bond motifs is 1. The summed E-state index contributed by atoms with van der Waals surface area (Å²) < 4.78 is 24.1. The Hall–Kier alpha value is -3.75. The monoisotopic (exact) mass is 545 g/mol. The molecule has 2 aromatic heterocycles. The van der Waals surface area contributed by atoms with Crippen LogP contribution >= 0.6 is 23.2 Å². The number of aromatic amines is 2. The minimum atomic E-state index is -0.730. The molecule has 0 aliphatic rings. The van der Waals surface area contributed by atoms with Gasteiger partial charge in [-0.05, 0) is 35.9 Å². The second kappa shape index (κ2) is 11.5. The number of carbonyl (C=O) groups excluding carboxylic acids is 2. The second-order valence-corrected chi connectivity index (χ2v) is 8.38. The lowest BCUT2D eigenvalue weighted by molar-refractivity contribution is 0.0590. The van der Waals surface area contributed by atoms with Crippen LogP contribution in [0.4, 0.5) is 10.1 Å². The fraction of sp³-hybridized carbons (Fsp3) is 0.185. The number of rotatable bonds is 6. The summed E-state index contributed by atoms with van der Waals surface area (Å²) in [5.74, 6) is -2.06. The van der Waals surface area contributed by atoms with E-state index in [4.69, 9.17) is 32.7 Å². The molecule has 0 fully saturated rings. The van der Waals surface area contributed by atoms with Gasteiger partial charge in [0.1, 0.15) is 17.2 Å². The van der Waals surface area contributed by atoms with Gasteiger partial charge in [0.25, 0.3) is 0 Å². The van der Waals surface area contributed by atoms with Gasteiger partial charge in [-0.2, -0.15) is 0 Å².